The van der Waals surface area contributed by atoms with E-state index in [1.165, 1.54) is 11.1 Å². The minimum absolute atomic E-state index is 0.0738. The van der Waals surface area contributed by atoms with Crippen molar-refractivity contribution in [1.82, 2.24) is 4.90 Å². The number of rotatable bonds is 10. The fourth-order valence-corrected chi connectivity index (χ4v) is 4.98. The van der Waals surface area contributed by atoms with E-state index in [-0.39, 0.29) is 11.9 Å². The lowest BCUT2D eigenvalue weighted by atomic mass is 10.1. The quantitative estimate of drug-likeness (QED) is 0.228. The number of nitrogen functional groups attached to an aromatic ring is 1. The lowest BCUT2D eigenvalue weighted by Crippen LogP contribution is -2.35. The number of carbonyl (C=O) groups excluding carboxylic acids is 1. The number of nitrogens with zero attached hydrogens (tertiary/aromatic N) is 2. The summed E-state index contributed by atoms with van der Waals surface area (Å²) in [5, 5.41) is 0. The summed E-state index contributed by atoms with van der Waals surface area (Å²) in [5.41, 5.74) is 11.4. The van der Waals surface area contributed by atoms with Gasteiger partial charge in [-0.15, -0.1) is 0 Å². The molecule has 1 fully saturated rings. The van der Waals surface area contributed by atoms with Gasteiger partial charge in [-0.1, -0.05) is 6.07 Å². The van der Waals surface area contributed by atoms with Crippen LogP contribution in [0.4, 0.5) is 11.4 Å². The maximum absolute atomic E-state index is 13.0. The number of hydrogen-bond acceptors (Lipinski definition) is 6. The van der Waals surface area contributed by atoms with Gasteiger partial charge in [-0.2, -0.15) is 0 Å². The molecule has 0 aromatic heterocycles. The Bertz CT molecular complexity index is 1380. The molecular weight excluding hydrogens is 490 g/mol. The third-order valence-electron chi connectivity index (χ3n) is 7.48. The highest BCUT2D eigenvalue weighted by molar-refractivity contribution is 6.03. The minimum Gasteiger partial charge on any atom is -0.493 e. The lowest BCUT2D eigenvalue weighted by molar-refractivity contribution is 0.0774. The van der Waals surface area contributed by atoms with Crippen LogP contribution in [0.25, 0.3) is 0 Å². The van der Waals surface area contributed by atoms with Crippen LogP contribution in [-0.2, 0) is 0 Å². The predicted molar refractivity (Wildman–Crippen MR) is 155 cm³/mol. The summed E-state index contributed by atoms with van der Waals surface area (Å²) in [4.78, 5) is 19.5. The Kier molecular flexibility index (Phi) is 8.05. The molecule has 0 saturated carbocycles. The number of benzene rings is 3. The van der Waals surface area contributed by atoms with Gasteiger partial charge in [0.1, 0.15) is 17.2 Å². The second-order valence-corrected chi connectivity index (χ2v) is 10.4. The van der Waals surface area contributed by atoms with Gasteiger partial charge in [0.25, 0.3) is 5.91 Å². The average Bonchev–Trinajstić information content (AvgIpc) is 3.35. The number of carbonyl (C=O) groups is 1. The van der Waals surface area contributed by atoms with E-state index < -0.39 is 0 Å². The maximum atomic E-state index is 13.0. The van der Waals surface area contributed by atoms with Gasteiger partial charge in [0.2, 0.25) is 0 Å². The van der Waals surface area contributed by atoms with E-state index in [1.54, 1.807) is 0 Å². The van der Waals surface area contributed by atoms with E-state index in [1.807, 2.05) is 66.6 Å². The molecule has 0 radical (unpaired) electrons. The highest BCUT2D eigenvalue weighted by Gasteiger charge is 2.32. The molecule has 0 aliphatic carbocycles. The number of fused-ring (bicyclic) bond motifs is 2. The van der Waals surface area contributed by atoms with E-state index in [2.05, 4.69) is 18.8 Å². The molecule has 2 aliphatic rings. The maximum Gasteiger partial charge on any atom is 0.256 e. The fraction of sp³-hybridized carbons (Fsp3) is 0.375. The van der Waals surface area contributed by atoms with E-state index in [4.69, 9.17) is 19.9 Å². The van der Waals surface area contributed by atoms with Crippen molar-refractivity contribution in [3.05, 3.63) is 70.8 Å². The van der Waals surface area contributed by atoms with Crippen LogP contribution in [0.15, 0.2) is 53.5 Å². The molecule has 1 amide bonds. The van der Waals surface area contributed by atoms with Gasteiger partial charge in [0.15, 0.2) is 5.75 Å². The van der Waals surface area contributed by atoms with Crippen LogP contribution in [-0.4, -0.2) is 42.8 Å². The van der Waals surface area contributed by atoms with Crippen molar-refractivity contribution in [2.45, 2.75) is 58.9 Å². The topological polar surface area (TPSA) is 86.4 Å². The van der Waals surface area contributed by atoms with Crippen LogP contribution in [0.3, 0.4) is 0 Å². The second-order valence-electron chi connectivity index (χ2n) is 10.4. The van der Waals surface area contributed by atoms with Crippen molar-refractivity contribution in [2.24, 2.45) is 4.99 Å². The van der Waals surface area contributed by atoms with Gasteiger partial charge in [0.05, 0.1) is 36.2 Å². The summed E-state index contributed by atoms with van der Waals surface area (Å²) >= 11 is 0. The minimum atomic E-state index is 0.0738. The molecule has 1 saturated heterocycles. The molecule has 204 valence electrons. The molecule has 3 aromatic rings. The second kappa shape index (κ2) is 11.8. The number of amides is 1. The Hall–Kier alpha value is -4.00. The first kappa shape index (κ1) is 26.6. The number of aliphatic imine (C=N–C) groups is 1. The van der Waals surface area contributed by atoms with E-state index in [0.29, 0.717) is 35.9 Å². The molecule has 0 unspecified atom stereocenters. The van der Waals surface area contributed by atoms with Crippen LogP contribution >= 0.6 is 0 Å². The Morgan fingerprint density at radius 3 is 2.49 bits per heavy atom. The van der Waals surface area contributed by atoms with Crippen LogP contribution in [0.2, 0.25) is 0 Å². The van der Waals surface area contributed by atoms with Crippen LogP contribution in [0.5, 0.6) is 23.0 Å². The number of ether oxygens (including phenoxy) is 3. The molecule has 7 nitrogen and oxygen atoms in total. The summed E-state index contributed by atoms with van der Waals surface area (Å²) in [6.07, 6.45) is 6.70. The molecule has 2 N–H and O–H groups in total. The zero-order chi connectivity index (χ0) is 27.4. The molecule has 2 heterocycles. The standard InChI is InChI=1S/C32H37N3O4/c1-21-9-10-26(16-22(21)2)39-31-18-25(11-12-28(31)33)37-14-5-4-6-15-38-30-19-29-27(17-23(30)3)32(36)35-13-7-8-24(35)20-34-29/h9-12,16-20,24H,4-8,13-15,33H2,1-3H3/t24-/m0/s1. The number of aryl methyl sites for hydroxylation is 3. The van der Waals surface area contributed by atoms with Crippen LogP contribution in [0.1, 0.15) is 59.2 Å². The number of unbranched alkanes of at least 4 members (excludes halogenated alkanes) is 2. The third-order valence-corrected chi connectivity index (χ3v) is 7.48. The predicted octanol–water partition coefficient (Wildman–Crippen LogP) is 6.93. The first-order chi connectivity index (χ1) is 18.9. The highest BCUT2D eigenvalue weighted by Crippen LogP contribution is 2.34. The fourth-order valence-electron chi connectivity index (χ4n) is 4.98. The molecule has 3 aromatic carbocycles. The smallest absolute Gasteiger partial charge is 0.256 e. The van der Waals surface area contributed by atoms with Crippen molar-refractivity contribution in [2.75, 3.05) is 25.5 Å². The van der Waals surface area contributed by atoms with Crippen LogP contribution < -0.4 is 19.9 Å². The lowest BCUT2D eigenvalue weighted by Gasteiger charge is -2.20. The molecule has 2 aliphatic heterocycles. The van der Waals surface area contributed by atoms with Crippen molar-refractivity contribution in [3.8, 4) is 23.0 Å². The molecule has 0 spiro atoms. The van der Waals surface area contributed by atoms with Crippen molar-refractivity contribution >= 4 is 23.5 Å². The largest absolute Gasteiger partial charge is 0.493 e. The van der Waals surface area contributed by atoms with Gasteiger partial charge in [-0.3, -0.25) is 9.79 Å². The summed E-state index contributed by atoms with van der Waals surface area (Å²) in [5.74, 6) is 2.94. The van der Waals surface area contributed by atoms with E-state index in [0.717, 1.165) is 61.5 Å². The Morgan fingerprint density at radius 2 is 1.67 bits per heavy atom. The third kappa shape index (κ3) is 6.19. The van der Waals surface area contributed by atoms with Gasteiger partial charge >= 0.3 is 0 Å². The first-order valence-electron chi connectivity index (χ1n) is 13.8. The molecule has 0 bridgehead atoms. The molecule has 1 atom stereocenters. The van der Waals surface area contributed by atoms with Crippen molar-refractivity contribution in [3.63, 3.8) is 0 Å². The monoisotopic (exact) mass is 527 g/mol. The number of nitrogens with two attached hydrogens (primary N) is 1. The normalized spacial score (nSPS) is 16.0. The highest BCUT2D eigenvalue weighted by atomic mass is 16.5. The molecular formula is C32H37N3O4. The zero-order valence-electron chi connectivity index (χ0n) is 23.0. The summed E-state index contributed by atoms with van der Waals surface area (Å²) < 4.78 is 18.0. The average molecular weight is 528 g/mol. The Morgan fingerprint density at radius 1 is 0.872 bits per heavy atom. The summed E-state index contributed by atoms with van der Waals surface area (Å²) in [6, 6.07) is 15.4. The van der Waals surface area contributed by atoms with Gasteiger partial charge in [0, 0.05) is 24.9 Å². The Labute approximate surface area is 230 Å². The van der Waals surface area contributed by atoms with E-state index in [9.17, 15) is 4.79 Å². The Balaban J connectivity index is 1.07. The van der Waals surface area contributed by atoms with Crippen molar-refractivity contribution in [1.29, 1.82) is 0 Å². The van der Waals surface area contributed by atoms with Gasteiger partial charge in [-0.25, -0.2) is 0 Å². The molecule has 7 heteroatoms. The van der Waals surface area contributed by atoms with Crippen LogP contribution in [0, 0.1) is 20.8 Å². The SMILES string of the molecule is Cc1ccc(Oc2cc(OCCCCCOc3cc4c(cc3C)C(=O)N3CCC[C@H]3C=N4)ccc2N)cc1C. The summed E-state index contributed by atoms with van der Waals surface area (Å²) in [7, 11) is 0. The van der Waals surface area contributed by atoms with Crippen molar-refractivity contribution < 1.29 is 19.0 Å². The van der Waals surface area contributed by atoms with Gasteiger partial charge in [-0.05, 0) is 99.9 Å². The molecule has 5 rings (SSSR count). The zero-order valence-corrected chi connectivity index (χ0v) is 23.0. The first-order valence-corrected chi connectivity index (χ1v) is 13.8. The van der Waals surface area contributed by atoms with E-state index >= 15 is 0 Å². The number of anilines is 1. The van der Waals surface area contributed by atoms with Gasteiger partial charge < -0.3 is 24.8 Å². The molecule has 39 heavy (non-hydrogen) atoms. The summed E-state index contributed by atoms with van der Waals surface area (Å²) in [6.45, 7) is 8.11. The number of hydrogen-bond donors (Lipinski definition) is 1.